The lowest BCUT2D eigenvalue weighted by Crippen LogP contribution is -2.32. The van der Waals surface area contributed by atoms with E-state index < -0.39 is 22.0 Å². The second-order valence-corrected chi connectivity index (χ2v) is 6.87. The van der Waals surface area contributed by atoms with Crippen molar-refractivity contribution in [3.8, 4) is 0 Å². The monoisotopic (exact) mass is 275 g/mol. The molecule has 0 unspecified atom stereocenters. The van der Waals surface area contributed by atoms with Crippen molar-refractivity contribution in [2.75, 3.05) is 16.8 Å². The summed E-state index contributed by atoms with van der Waals surface area (Å²) in [6.45, 7) is 1.85. The molecule has 1 saturated heterocycles. The minimum absolute atomic E-state index is 0.0415. The van der Waals surface area contributed by atoms with E-state index in [0.29, 0.717) is 5.02 Å². The number of hydrogen-bond donors (Lipinski definition) is 2. The predicted octanol–water partition coefficient (Wildman–Crippen LogP) is 1.22. The number of halogens is 1. The zero-order chi connectivity index (χ0) is 12.6. The van der Waals surface area contributed by atoms with Gasteiger partial charge in [0, 0.05) is 10.7 Å². The van der Waals surface area contributed by atoms with Gasteiger partial charge in [0.05, 0.1) is 23.7 Å². The molecule has 1 aromatic carbocycles. The number of rotatable bonds is 2. The first-order valence-electron chi connectivity index (χ1n) is 5.29. The number of hydrogen-bond acceptors (Lipinski definition) is 4. The Kier molecular flexibility index (Phi) is 3.34. The largest absolute Gasteiger partial charge is 0.390 e. The van der Waals surface area contributed by atoms with Gasteiger partial charge in [-0.2, -0.15) is 0 Å². The van der Waals surface area contributed by atoms with Crippen LogP contribution in [0.2, 0.25) is 5.02 Å². The number of nitrogens with one attached hydrogen (secondary N) is 1. The molecule has 1 aromatic rings. The van der Waals surface area contributed by atoms with Gasteiger partial charge in [0.2, 0.25) is 0 Å². The molecule has 0 saturated carbocycles. The molecule has 0 bridgehead atoms. The fraction of sp³-hybridized carbons (Fsp3) is 0.455. The van der Waals surface area contributed by atoms with Gasteiger partial charge in [-0.15, -0.1) is 0 Å². The van der Waals surface area contributed by atoms with Crippen LogP contribution in [0.1, 0.15) is 5.56 Å². The minimum atomic E-state index is -3.13. The lowest BCUT2D eigenvalue weighted by molar-refractivity contribution is 0.190. The van der Waals surface area contributed by atoms with Gasteiger partial charge >= 0.3 is 0 Å². The molecule has 17 heavy (non-hydrogen) atoms. The first kappa shape index (κ1) is 12.7. The Morgan fingerprint density at radius 3 is 2.71 bits per heavy atom. The average molecular weight is 276 g/mol. The van der Waals surface area contributed by atoms with Gasteiger partial charge in [-0.05, 0) is 24.6 Å². The van der Waals surface area contributed by atoms with Gasteiger partial charge in [-0.1, -0.05) is 17.7 Å². The molecule has 1 aliphatic heterocycles. The normalized spacial score (nSPS) is 27.0. The lowest BCUT2D eigenvalue weighted by atomic mass is 10.1. The van der Waals surface area contributed by atoms with Crippen LogP contribution in [-0.2, 0) is 9.84 Å². The summed E-state index contributed by atoms with van der Waals surface area (Å²) in [5, 5.41) is 13.3. The van der Waals surface area contributed by atoms with Crippen LogP contribution >= 0.6 is 11.6 Å². The summed E-state index contributed by atoms with van der Waals surface area (Å²) in [5.74, 6) is -0.218. The highest BCUT2D eigenvalue weighted by Crippen LogP contribution is 2.25. The molecule has 0 radical (unpaired) electrons. The standard InChI is InChI=1S/C11H14ClNO3S/c1-7-8(12)3-2-4-9(7)13-10-5-17(15,16)6-11(10)14/h2-4,10-11,13-14H,5-6H2,1H3/t10-,11-/m1/s1. The van der Waals surface area contributed by atoms with E-state index in [2.05, 4.69) is 5.32 Å². The van der Waals surface area contributed by atoms with Crippen LogP contribution < -0.4 is 5.32 Å². The van der Waals surface area contributed by atoms with Crippen molar-refractivity contribution < 1.29 is 13.5 Å². The van der Waals surface area contributed by atoms with E-state index in [4.69, 9.17) is 11.6 Å². The zero-order valence-corrected chi connectivity index (χ0v) is 10.9. The molecule has 0 spiro atoms. The van der Waals surface area contributed by atoms with Crippen molar-refractivity contribution in [2.45, 2.75) is 19.1 Å². The Bertz CT molecular complexity index is 530. The van der Waals surface area contributed by atoms with E-state index in [1.165, 1.54) is 0 Å². The smallest absolute Gasteiger partial charge is 0.155 e. The topological polar surface area (TPSA) is 66.4 Å². The van der Waals surface area contributed by atoms with Gasteiger partial charge in [0.25, 0.3) is 0 Å². The third-order valence-electron chi connectivity index (χ3n) is 2.93. The van der Waals surface area contributed by atoms with Gasteiger partial charge < -0.3 is 10.4 Å². The predicted molar refractivity (Wildman–Crippen MR) is 68.3 cm³/mol. The highest BCUT2D eigenvalue weighted by Gasteiger charge is 2.36. The van der Waals surface area contributed by atoms with E-state index in [-0.39, 0.29) is 11.5 Å². The van der Waals surface area contributed by atoms with Crippen LogP contribution in [0, 0.1) is 6.92 Å². The first-order valence-corrected chi connectivity index (χ1v) is 7.49. The van der Waals surface area contributed by atoms with Crippen LogP contribution in [-0.4, -0.2) is 37.2 Å². The van der Waals surface area contributed by atoms with E-state index >= 15 is 0 Å². The molecule has 0 amide bonds. The maximum Gasteiger partial charge on any atom is 0.155 e. The molecular weight excluding hydrogens is 262 g/mol. The van der Waals surface area contributed by atoms with Crippen molar-refractivity contribution in [1.29, 1.82) is 0 Å². The van der Waals surface area contributed by atoms with Crippen molar-refractivity contribution in [3.63, 3.8) is 0 Å². The number of anilines is 1. The maximum absolute atomic E-state index is 11.4. The third-order valence-corrected chi connectivity index (χ3v) is 5.06. The summed E-state index contributed by atoms with van der Waals surface area (Å²) >= 11 is 5.97. The Balaban J connectivity index is 2.20. The highest BCUT2D eigenvalue weighted by molar-refractivity contribution is 7.91. The van der Waals surface area contributed by atoms with Gasteiger partial charge in [0.1, 0.15) is 0 Å². The average Bonchev–Trinajstić information content (AvgIpc) is 2.47. The van der Waals surface area contributed by atoms with E-state index in [1.807, 2.05) is 13.0 Å². The molecule has 1 fully saturated rings. The molecule has 0 aromatic heterocycles. The molecular formula is C11H14ClNO3S. The van der Waals surface area contributed by atoms with Gasteiger partial charge in [-0.25, -0.2) is 8.42 Å². The summed E-state index contributed by atoms with van der Waals surface area (Å²) in [5.41, 5.74) is 1.62. The number of benzene rings is 1. The Morgan fingerprint density at radius 2 is 2.12 bits per heavy atom. The van der Waals surface area contributed by atoms with Crippen molar-refractivity contribution in [2.24, 2.45) is 0 Å². The van der Waals surface area contributed by atoms with Crippen molar-refractivity contribution in [3.05, 3.63) is 28.8 Å². The molecule has 1 aliphatic rings. The third kappa shape index (κ3) is 2.73. The molecule has 1 heterocycles. The summed E-state index contributed by atoms with van der Waals surface area (Å²) in [6, 6.07) is 4.91. The molecule has 2 atom stereocenters. The number of aliphatic hydroxyl groups is 1. The molecule has 6 heteroatoms. The zero-order valence-electron chi connectivity index (χ0n) is 9.35. The summed E-state index contributed by atoms with van der Waals surface area (Å²) in [6.07, 6.45) is -0.863. The van der Waals surface area contributed by atoms with Gasteiger partial charge in [-0.3, -0.25) is 0 Å². The van der Waals surface area contributed by atoms with Crippen LogP contribution in [0.25, 0.3) is 0 Å². The SMILES string of the molecule is Cc1c(Cl)cccc1N[C@@H]1CS(=O)(=O)C[C@H]1O. The lowest BCUT2D eigenvalue weighted by Gasteiger charge is -2.18. The Labute approximate surface area is 106 Å². The Morgan fingerprint density at radius 1 is 1.41 bits per heavy atom. The summed E-state index contributed by atoms with van der Waals surface area (Å²) in [7, 11) is -3.13. The highest BCUT2D eigenvalue weighted by atomic mass is 35.5. The van der Waals surface area contributed by atoms with Crippen molar-refractivity contribution in [1.82, 2.24) is 0 Å². The fourth-order valence-electron chi connectivity index (χ4n) is 1.93. The van der Waals surface area contributed by atoms with Crippen LogP contribution in [0.5, 0.6) is 0 Å². The summed E-state index contributed by atoms with van der Waals surface area (Å²) in [4.78, 5) is 0. The van der Waals surface area contributed by atoms with E-state index in [9.17, 15) is 13.5 Å². The second-order valence-electron chi connectivity index (χ2n) is 4.31. The summed E-state index contributed by atoms with van der Waals surface area (Å²) < 4.78 is 22.7. The van der Waals surface area contributed by atoms with Crippen LogP contribution in [0.15, 0.2) is 18.2 Å². The molecule has 4 nitrogen and oxygen atoms in total. The number of aliphatic hydroxyl groups excluding tert-OH is 1. The molecule has 2 N–H and O–H groups in total. The van der Waals surface area contributed by atoms with Crippen LogP contribution in [0.4, 0.5) is 5.69 Å². The molecule has 2 rings (SSSR count). The van der Waals surface area contributed by atoms with Crippen LogP contribution in [0.3, 0.4) is 0 Å². The molecule has 94 valence electrons. The first-order chi connectivity index (χ1) is 7.89. The maximum atomic E-state index is 11.4. The second kappa shape index (κ2) is 4.48. The molecule has 0 aliphatic carbocycles. The Hall–Kier alpha value is -0.780. The van der Waals surface area contributed by atoms with E-state index in [1.54, 1.807) is 12.1 Å². The van der Waals surface area contributed by atoms with E-state index in [0.717, 1.165) is 11.3 Å². The fourth-order valence-corrected chi connectivity index (χ4v) is 3.85. The number of sulfone groups is 1. The minimum Gasteiger partial charge on any atom is -0.390 e. The quantitative estimate of drug-likeness (QED) is 0.852. The van der Waals surface area contributed by atoms with Crippen molar-refractivity contribution >= 4 is 27.1 Å². The van der Waals surface area contributed by atoms with Gasteiger partial charge in [0.15, 0.2) is 9.84 Å².